The number of ether oxygens (including phenoxy) is 2. The Labute approximate surface area is 192 Å². The summed E-state index contributed by atoms with van der Waals surface area (Å²) >= 11 is 0. The normalized spacial score (nSPS) is 16.0. The van der Waals surface area contributed by atoms with Gasteiger partial charge in [0.1, 0.15) is 12.7 Å². The van der Waals surface area contributed by atoms with E-state index >= 15 is 0 Å². The van der Waals surface area contributed by atoms with Crippen molar-refractivity contribution in [3.63, 3.8) is 0 Å². The van der Waals surface area contributed by atoms with Crippen molar-refractivity contribution in [2.24, 2.45) is 7.05 Å². The lowest BCUT2D eigenvalue weighted by Gasteiger charge is -2.32. The molecule has 0 saturated heterocycles. The Kier molecular flexibility index (Phi) is 9.38. The number of benzene rings is 1. The van der Waals surface area contributed by atoms with Crippen LogP contribution in [0.5, 0.6) is 11.5 Å². The Bertz CT molecular complexity index is 819. The van der Waals surface area contributed by atoms with Crippen LogP contribution in [-0.2, 0) is 20.0 Å². The topological polar surface area (TPSA) is 63.0 Å². The molecule has 0 unspecified atom stereocenters. The van der Waals surface area contributed by atoms with Gasteiger partial charge < -0.3 is 24.4 Å². The molecule has 3 rings (SSSR count). The predicted molar refractivity (Wildman–Crippen MR) is 127 cm³/mol. The van der Waals surface area contributed by atoms with Crippen LogP contribution in [0.2, 0.25) is 0 Å². The highest BCUT2D eigenvalue weighted by Crippen LogP contribution is 2.29. The predicted octanol–water partition coefficient (Wildman–Crippen LogP) is 3.11. The van der Waals surface area contributed by atoms with Gasteiger partial charge in [-0.2, -0.15) is 5.10 Å². The number of aromatic nitrogens is 2. The number of likely N-dealkylation sites (N-methyl/N-ethyl adjacent to an activating group) is 2. The zero-order valence-electron chi connectivity index (χ0n) is 20.2. The zero-order chi connectivity index (χ0) is 22.9. The molecular formula is C25H40N4O3. The van der Waals surface area contributed by atoms with Crippen molar-refractivity contribution in [1.29, 1.82) is 0 Å². The molecule has 7 nitrogen and oxygen atoms in total. The third-order valence-electron chi connectivity index (χ3n) is 6.35. The molecule has 1 atom stereocenters. The van der Waals surface area contributed by atoms with Crippen LogP contribution in [-0.4, -0.2) is 77.7 Å². The molecule has 1 aromatic heterocycles. The minimum atomic E-state index is -0.523. The van der Waals surface area contributed by atoms with Crippen LogP contribution in [0.25, 0.3) is 0 Å². The fraction of sp³-hybridized carbons (Fsp3) is 0.640. The van der Waals surface area contributed by atoms with E-state index < -0.39 is 6.10 Å². The molecule has 0 amide bonds. The van der Waals surface area contributed by atoms with E-state index in [2.05, 4.69) is 41.3 Å². The summed E-state index contributed by atoms with van der Waals surface area (Å²) in [7, 11) is 7.83. The maximum Gasteiger partial charge on any atom is 0.161 e. The summed E-state index contributed by atoms with van der Waals surface area (Å²) in [5.41, 5.74) is 2.41. The van der Waals surface area contributed by atoms with Gasteiger partial charge >= 0.3 is 0 Å². The second-order valence-corrected chi connectivity index (χ2v) is 9.19. The summed E-state index contributed by atoms with van der Waals surface area (Å²) in [4.78, 5) is 4.57. The number of rotatable bonds is 12. The van der Waals surface area contributed by atoms with Gasteiger partial charge in [0.05, 0.1) is 13.3 Å². The number of aryl methyl sites for hydroxylation is 1. The van der Waals surface area contributed by atoms with E-state index in [9.17, 15) is 5.11 Å². The molecule has 2 aromatic rings. The molecule has 1 N–H and O–H groups in total. The van der Waals surface area contributed by atoms with Gasteiger partial charge in [-0.15, -0.1) is 0 Å². The fourth-order valence-electron chi connectivity index (χ4n) is 4.48. The number of hydrogen-bond acceptors (Lipinski definition) is 6. The first-order chi connectivity index (χ1) is 15.4. The molecule has 32 heavy (non-hydrogen) atoms. The minimum Gasteiger partial charge on any atom is -0.493 e. The Morgan fingerprint density at radius 2 is 1.94 bits per heavy atom. The largest absolute Gasteiger partial charge is 0.493 e. The van der Waals surface area contributed by atoms with Crippen molar-refractivity contribution < 1.29 is 14.6 Å². The van der Waals surface area contributed by atoms with Crippen molar-refractivity contribution in [3.8, 4) is 11.5 Å². The Balaban J connectivity index is 1.46. The Hall–Kier alpha value is -2.09. The van der Waals surface area contributed by atoms with E-state index in [0.717, 1.165) is 19.5 Å². The zero-order valence-corrected chi connectivity index (χ0v) is 20.2. The molecule has 1 aliphatic rings. The van der Waals surface area contributed by atoms with Gasteiger partial charge in [-0.1, -0.05) is 25.3 Å². The van der Waals surface area contributed by atoms with E-state index in [0.29, 0.717) is 24.1 Å². The average Bonchev–Trinajstić information content (AvgIpc) is 3.22. The standard InChI is InChI=1S/C25H40N4O3/c1-27(13-12-21-15-26-29(3)17-21)16-20-10-11-24(25(14-20)31-4)32-19-23(30)18-28(2)22-8-6-5-7-9-22/h10-11,14-15,17,22-23,30H,5-9,12-13,16,18-19H2,1-4H3/t23-/m1/s1. The molecule has 1 saturated carbocycles. The maximum atomic E-state index is 10.5. The van der Waals surface area contributed by atoms with Crippen LogP contribution in [0.4, 0.5) is 0 Å². The summed E-state index contributed by atoms with van der Waals surface area (Å²) in [6.45, 7) is 2.67. The first-order valence-electron chi connectivity index (χ1n) is 11.8. The van der Waals surface area contributed by atoms with Crippen molar-refractivity contribution >= 4 is 0 Å². The molecule has 0 radical (unpaired) electrons. The van der Waals surface area contributed by atoms with E-state index in [1.165, 1.54) is 43.2 Å². The van der Waals surface area contributed by atoms with Gasteiger partial charge in [0.15, 0.2) is 11.5 Å². The van der Waals surface area contributed by atoms with Gasteiger partial charge in [0.25, 0.3) is 0 Å². The van der Waals surface area contributed by atoms with Crippen molar-refractivity contribution in [3.05, 3.63) is 41.7 Å². The lowest BCUT2D eigenvalue weighted by Crippen LogP contribution is -2.40. The lowest BCUT2D eigenvalue weighted by molar-refractivity contribution is 0.0553. The summed E-state index contributed by atoms with van der Waals surface area (Å²) < 4.78 is 13.3. The van der Waals surface area contributed by atoms with Crippen LogP contribution in [0.3, 0.4) is 0 Å². The quantitative estimate of drug-likeness (QED) is 0.543. The summed E-state index contributed by atoms with van der Waals surface area (Å²) in [6.07, 6.45) is 10.8. The number of methoxy groups -OCH3 is 1. The summed E-state index contributed by atoms with van der Waals surface area (Å²) in [5, 5.41) is 14.7. The molecule has 0 spiro atoms. The average molecular weight is 445 g/mol. The fourth-order valence-corrected chi connectivity index (χ4v) is 4.48. The first-order valence-corrected chi connectivity index (χ1v) is 11.8. The Morgan fingerprint density at radius 3 is 2.62 bits per heavy atom. The molecule has 1 heterocycles. The van der Waals surface area contributed by atoms with Crippen LogP contribution in [0, 0.1) is 0 Å². The molecule has 0 bridgehead atoms. The SMILES string of the molecule is COc1cc(CN(C)CCc2cnn(C)c2)ccc1OC[C@H](O)CN(C)C1CCCCC1. The van der Waals surface area contributed by atoms with Crippen LogP contribution >= 0.6 is 0 Å². The molecular weight excluding hydrogens is 404 g/mol. The van der Waals surface area contributed by atoms with Crippen molar-refractivity contribution in [2.45, 2.75) is 57.2 Å². The minimum absolute atomic E-state index is 0.262. The molecule has 7 heteroatoms. The monoisotopic (exact) mass is 444 g/mol. The van der Waals surface area contributed by atoms with Gasteiger partial charge in [-0.25, -0.2) is 0 Å². The van der Waals surface area contributed by atoms with Crippen molar-refractivity contribution in [2.75, 3.05) is 40.9 Å². The lowest BCUT2D eigenvalue weighted by atomic mass is 9.94. The molecule has 0 aliphatic heterocycles. The second kappa shape index (κ2) is 12.2. The van der Waals surface area contributed by atoms with Gasteiger partial charge in [-0.3, -0.25) is 4.68 Å². The van der Waals surface area contributed by atoms with Gasteiger partial charge in [-0.05, 0) is 56.6 Å². The number of hydrogen-bond donors (Lipinski definition) is 1. The Morgan fingerprint density at radius 1 is 1.16 bits per heavy atom. The van der Waals surface area contributed by atoms with Crippen LogP contribution < -0.4 is 9.47 Å². The first kappa shape index (κ1) is 24.6. The number of aliphatic hydroxyl groups excluding tert-OH is 1. The molecule has 1 fully saturated rings. The number of nitrogens with zero attached hydrogens (tertiary/aromatic N) is 4. The van der Waals surface area contributed by atoms with Gasteiger partial charge in [0, 0.05) is 38.9 Å². The van der Waals surface area contributed by atoms with Gasteiger partial charge in [0.2, 0.25) is 0 Å². The van der Waals surface area contributed by atoms with E-state index in [4.69, 9.17) is 9.47 Å². The van der Waals surface area contributed by atoms with Crippen molar-refractivity contribution in [1.82, 2.24) is 19.6 Å². The molecule has 1 aliphatic carbocycles. The molecule has 178 valence electrons. The van der Waals surface area contributed by atoms with E-state index in [1.807, 2.05) is 30.1 Å². The van der Waals surface area contributed by atoms with E-state index in [1.54, 1.807) is 7.11 Å². The number of aliphatic hydroxyl groups is 1. The van der Waals surface area contributed by atoms with Crippen LogP contribution in [0.15, 0.2) is 30.6 Å². The highest BCUT2D eigenvalue weighted by molar-refractivity contribution is 5.43. The maximum absolute atomic E-state index is 10.5. The summed E-state index contributed by atoms with van der Waals surface area (Å²) in [6, 6.07) is 6.62. The smallest absolute Gasteiger partial charge is 0.161 e. The third-order valence-corrected chi connectivity index (χ3v) is 6.35. The highest BCUT2D eigenvalue weighted by Gasteiger charge is 2.20. The second-order valence-electron chi connectivity index (χ2n) is 9.19. The van der Waals surface area contributed by atoms with Crippen LogP contribution in [0.1, 0.15) is 43.2 Å². The summed E-state index contributed by atoms with van der Waals surface area (Å²) in [5.74, 6) is 1.38. The van der Waals surface area contributed by atoms with E-state index in [-0.39, 0.29) is 6.61 Å². The third kappa shape index (κ3) is 7.50. The highest BCUT2D eigenvalue weighted by atomic mass is 16.5. The molecule has 1 aromatic carbocycles.